The Hall–Kier alpha value is -4.22. The number of nitrogens with one attached hydrogen (secondary N) is 1. The monoisotopic (exact) mass is 437 g/mol. The minimum atomic E-state index is -0.737. The van der Waals surface area contributed by atoms with Crippen molar-refractivity contribution >= 4 is 11.7 Å². The average molecular weight is 437 g/mol. The molecule has 1 aliphatic heterocycles. The Balaban J connectivity index is 1.25. The Morgan fingerprint density at radius 1 is 0.969 bits per heavy atom. The molecule has 0 unspecified atom stereocenters. The lowest BCUT2D eigenvalue weighted by atomic mass is 10.1. The second-order valence-electron chi connectivity index (χ2n) is 7.14. The summed E-state index contributed by atoms with van der Waals surface area (Å²) in [5.41, 5.74) is 0.609. The van der Waals surface area contributed by atoms with Crippen LogP contribution < -0.4 is 4.90 Å². The maximum atomic E-state index is 14.0. The minimum Gasteiger partial charge on any atom is -0.353 e. The fraction of sp³-hybridized carbons (Fsp3) is 0.200. The number of rotatable bonds is 4. The van der Waals surface area contributed by atoms with Crippen molar-refractivity contribution < 1.29 is 13.6 Å². The summed E-state index contributed by atoms with van der Waals surface area (Å²) in [6.45, 7) is 2.10. The lowest BCUT2D eigenvalue weighted by Gasteiger charge is -2.35. The van der Waals surface area contributed by atoms with Crippen molar-refractivity contribution in [2.75, 3.05) is 31.1 Å². The van der Waals surface area contributed by atoms with Crippen LogP contribution in [0.15, 0.2) is 49.3 Å². The van der Waals surface area contributed by atoms with Gasteiger partial charge < -0.3 is 9.80 Å². The average Bonchev–Trinajstić information content (AvgIpc) is 3.52. The summed E-state index contributed by atoms with van der Waals surface area (Å²) in [4.78, 5) is 29.1. The van der Waals surface area contributed by atoms with Crippen LogP contribution in [0.1, 0.15) is 10.5 Å². The molecule has 1 aromatic carbocycles. The quantitative estimate of drug-likeness (QED) is 0.518. The lowest BCUT2D eigenvalue weighted by Crippen LogP contribution is -2.49. The van der Waals surface area contributed by atoms with E-state index in [1.807, 2.05) is 6.07 Å². The van der Waals surface area contributed by atoms with Crippen LogP contribution >= 0.6 is 0 Å². The summed E-state index contributed by atoms with van der Waals surface area (Å²) in [7, 11) is 0. The maximum Gasteiger partial charge on any atom is 0.272 e. The van der Waals surface area contributed by atoms with Crippen LogP contribution in [0, 0.1) is 11.6 Å². The number of piperazine rings is 1. The van der Waals surface area contributed by atoms with Crippen LogP contribution in [0.5, 0.6) is 0 Å². The van der Waals surface area contributed by atoms with Gasteiger partial charge in [0.1, 0.15) is 42.1 Å². The summed E-state index contributed by atoms with van der Waals surface area (Å²) >= 11 is 0. The van der Waals surface area contributed by atoms with Crippen LogP contribution in [0.25, 0.3) is 17.1 Å². The number of anilines is 1. The first kappa shape index (κ1) is 19.7. The number of benzene rings is 1. The molecule has 0 atom stereocenters. The van der Waals surface area contributed by atoms with Gasteiger partial charge in [-0.2, -0.15) is 10.2 Å². The first-order chi connectivity index (χ1) is 15.6. The van der Waals surface area contributed by atoms with E-state index in [9.17, 15) is 13.6 Å². The van der Waals surface area contributed by atoms with Crippen molar-refractivity contribution in [2.45, 2.75) is 0 Å². The molecular weight excluding hydrogens is 420 g/mol. The van der Waals surface area contributed by atoms with Gasteiger partial charge in [-0.05, 0) is 18.2 Å². The Kier molecular flexibility index (Phi) is 5.01. The van der Waals surface area contributed by atoms with Gasteiger partial charge in [0, 0.05) is 43.9 Å². The summed E-state index contributed by atoms with van der Waals surface area (Å²) in [5.74, 6) is -0.318. The van der Waals surface area contributed by atoms with Crippen LogP contribution in [-0.2, 0) is 0 Å². The smallest absolute Gasteiger partial charge is 0.272 e. The van der Waals surface area contributed by atoms with Crippen molar-refractivity contribution in [3.8, 4) is 17.1 Å². The third kappa shape index (κ3) is 3.77. The Bertz CT molecular complexity index is 1250. The van der Waals surface area contributed by atoms with Crippen LogP contribution in [0.2, 0.25) is 0 Å². The SMILES string of the molecule is O=C(c1cc(-c2ccc(F)cc2F)n[nH]1)N1CCN(c2cc(-n3cncn3)ncn2)CC1. The first-order valence-electron chi connectivity index (χ1n) is 9.80. The normalized spacial score (nSPS) is 14.1. The molecule has 0 radical (unpaired) electrons. The maximum absolute atomic E-state index is 14.0. The highest BCUT2D eigenvalue weighted by Gasteiger charge is 2.25. The molecule has 12 heteroatoms. The molecule has 3 aromatic heterocycles. The fourth-order valence-corrected chi connectivity index (χ4v) is 3.54. The Labute approximate surface area is 180 Å². The molecule has 0 spiro atoms. The van der Waals surface area contributed by atoms with E-state index < -0.39 is 11.6 Å². The number of H-pyrrole nitrogens is 1. The van der Waals surface area contributed by atoms with E-state index in [4.69, 9.17) is 0 Å². The topological polar surface area (TPSA) is 109 Å². The lowest BCUT2D eigenvalue weighted by molar-refractivity contribution is 0.0740. The van der Waals surface area contributed by atoms with Gasteiger partial charge in [-0.15, -0.1) is 0 Å². The zero-order valence-corrected chi connectivity index (χ0v) is 16.7. The van der Waals surface area contributed by atoms with Gasteiger partial charge in [0.2, 0.25) is 0 Å². The zero-order chi connectivity index (χ0) is 22.1. The van der Waals surface area contributed by atoms with Gasteiger partial charge in [-0.25, -0.2) is 28.4 Å². The minimum absolute atomic E-state index is 0.124. The molecule has 0 bridgehead atoms. The van der Waals surface area contributed by atoms with E-state index in [-0.39, 0.29) is 22.9 Å². The predicted octanol–water partition coefficient (Wildman–Crippen LogP) is 1.69. The van der Waals surface area contributed by atoms with Gasteiger partial charge >= 0.3 is 0 Å². The third-order valence-corrected chi connectivity index (χ3v) is 5.20. The third-order valence-electron chi connectivity index (χ3n) is 5.20. The number of carbonyl (C=O) groups is 1. The molecule has 10 nitrogen and oxygen atoms in total. The number of amides is 1. The molecule has 1 N–H and O–H groups in total. The number of aromatic amines is 1. The second-order valence-corrected chi connectivity index (χ2v) is 7.14. The Morgan fingerprint density at radius 3 is 2.53 bits per heavy atom. The number of hydrogen-bond donors (Lipinski definition) is 1. The van der Waals surface area contributed by atoms with E-state index in [1.54, 1.807) is 15.9 Å². The Morgan fingerprint density at radius 2 is 1.78 bits per heavy atom. The highest BCUT2D eigenvalue weighted by atomic mass is 19.1. The van der Waals surface area contributed by atoms with Crippen molar-refractivity contribution in [1.82, 2.24) is 39.8 Å². The molecule has 5 rings (SSSR count). The fourth-order valence-electron chi connectivity index (χ4n) is 3.54. The molecule has 4 heterocycles. The van der Waals surface area contributed by atoms with Gasteiger partial charge in [-0.1, -0.05) is 0 Å². The van der Waals surface area contributed by atoms with E-state index >= 15 is 0 Å². The van der Waals surface area contributed by atoms with Crippen LogP contribution in [0.3, 0.4) is 0 Å². The molecule has 1 aliphatic rings. The number of aromatic nitrogens is 7. The summed E-state index contributed by atoms with van der Waals surface area (Å²) in [6.07, 6.45) is 4.45. The summed E-state index contributed by atoms with van der Waals surface area (Å²) in [5, 5.41) is 10.7. The number of hydrogen-bond acceptors (Lipinski definition) is 7. The molecule has 32 heavy (non-hydrogen) atoms. The first-order valence-corrected chi connectivity index (χ1v) is 9.80. The number of carbonyl (C=O) groups excluding carboxylic acids is 1. The highest BCUT2D eigenvalue weighted by molar-refractivity contribution is 5.93. The van der Waals surface area contributed by atoms with Gasteiger partial charge in [0.05, 0.1) is 5.69 Å². The zero-order valence-electron chi connectivity index (χ0n) is 16.7. The molecule has 1 amide bonds. The molecule has 1 fully saturated rings. The molecule has 0 saturated carbocycles. The van der Waals surface area contributed by atoms with Crippen molar-refractivity contribution in [3.63, 3.8) is 0 Å². The van der Waals surface area contributed by atoms with E-state index in [2.05, 4.69) is 35.1 Å². The van der Waals surface area contributed by atoms with Gasteiger partial charge in [0.15, 0.2) is 5.82 Å². The molecule has 1 saturated heterocycles. The van der Waals surface area contributed by atoms with Crippen LogP contribution in [-0.4, -0.2) is 71.9 Å². The standard InChI is InChI=1S/C20H17F2N9O/c21-13-1-2-14(15(22)7-13)16-8-17(28-27-16)20(32)30-5-3-29(4-6-30)18-9-19(25-11-24-18)31-12-23-10-26-31/h1-2,7-12H,3-6H2,(H,27,28). The van der Waals surface area contributed by atoms with E-state index in [0.29, 0.717) is 32.0 Å². The van der Waals surface area contributed by atoms with Gasteiger partial charge in [0.25, 0.3) is 5.91 Å². The van der Waals surface area contributed by atoms with Crippen LogP contribution in [0.4, 0.5) is 14.6 Å². The van der Waals surface area contributed by atoms with E-state index in [1.165, 1.54) is 24.8 Å². The highest BCUT2D eigenvalue weighted by Crippen LogP contribution is 2.23. The summed E-state index contributed by atoms with van der Waals surface area (Å²) < 4.78 is 28.7. The van der Waals surface area contributed by atoms with Gasteiger partial charge in [-0.3, -0.25) is 9.89 Å². The largest absolute Gasteiger partial charge is 0.353 e. The van der Waals surface area contributed by atoms with E-state index in [0.717, 1.165) is 18.0 Å². The predicted molar refractivity (Wildman–Crippen MR) is 109 cm³/mol. The number of nitrogens with zero attached hydrogens (tertiary/aromatic N) is 8. The number of halogens is 2. The molecule has 162 valence electrons. The summed E-state index contributed by atoms with van der Waals surface area (Å²) in [6, 6.07) is 6.51. The van der Waals surface area contributed by atoms with Crippen molar-refractivity contribution in [3.05, 3.63) is 66.6 Å². The molecule has 0 aliphatic carbocycles. The van der Waals surface area contributed by atoms with Crippen molar-refractivity contribution in [2.24, 2.45) is 0 Å². The van der Waals surface area contributed by atoms with Crippen molar-refractivity contribution in [1.29, 1.82) is 0 Å². The molecule has 4 aromatic rings. The second kappa shape index (κ2) is 8.13. The molecular formula is C20H17F2N9O.